The summed E-state index contributed by atoms with van der Waals surface area (Å²) in [6, 6.07) is 4.68. The average Bonchev–Trinajstić information content (AvgIpc) is 2.17. The van der Waals surface area contributed by atoms with E-state index in [1.807, 2.05) is 6.07 Å². The van der Waals surface area contributed by atoms with E-state index in [9.17, 15) is 4.79 Å². The Bertz CT molecular complexity index is 423. The molecule has 0 saturated heterocycles. The average molecular weight is 256 g/mol. The highest BCUT2D eigenvalue weighted by atomic mass is 79.9. The second-order valence-electron chi connectivity index (χ2n) is 2.42. The number of nitrogens with zero attached hydrogens (tertiary/aromatic N) is 1. The molecule has 1 N–H and O–H groups in total. The second kappa shape index (κ2) is 4.11. The van der Waals surface area contributed by atoms with Gasteiger partial charge in [-0.2, -0.15) is 5.26 Å². The van der Waals surface area contributed by atoms with Crippen LogP contribution in [-0.4, -0.2) is 18.2 Å². The molecule has 0 radical (unpaired) electrons. The van der Waals surface area contributed by atoms with Gasteiger partial charge < -0.3 is 9.84 Å². The van der Waals surface area contributed by atoms with Crippen molar-refractivity contribution < 1.29 is 14.6 Å². The molecule has 1 aromatic rings. The first-order valence-corrected chi connectivity index (χ1v) is 4.41. The molecule has 4 nitrogen and oxygen atoms in total. The van der Waals surface area contributed by atoms with E-state index in [4.69, 9.17) is 15.1 Å². The maximum Gasteiger partial charge on any atom is 0.339 e. The normalized spacial score (nSPS) is 9.21. The minimum absolute atomic E-state index is 0.0263. The number of aromatic carboxylic acids is 1. The lowest BCUT2D eigenvalue weighted by molar-refractivity contribution is 0.0693. The molecule has 14 heavy (non-hydrogen) atoms. The topological polar surface area (TPSA) is 70.3 Å². The van der Waals surface area contributed by atoms with Crippen molar-refractivity contribution in [2.75, 3.05) is 7.11 Å². The molecule has 5 heteroatoms. The van der Waals surface area contributed by atoms with Crippen molar-refractivity contribution in [2.45, 2.75) is 0 Å². The van der Waals surface area contributed by atoms with E-state index >= 15 is 0 Å². The van der Waals surface area contributed by atoms with E-state index in [1.165, 1.54) is 19.2 Å². The standard InChI is InChI=1S/C9H6BrNO3/c1-14-8-6(9(12)13)3-2-5(4-11)7(8)10/h2-3H,1H3,(H,12,13). The van der Waals surface area contributed by atoms with Crippen molar-refractivity contribution in [3.8, 4) is 11.8 Å². The van der Waals surface area contributed by atoms with Gasteiger partial charge in [0.05, 0.1) is 17.1 Å². The number of carboxylic acid groups (broad SMARTS) is 1. The molecule has 0 heterocycles. The summed E-state index contributed by atoms with van der Waals surface area (Å²) in [6.07, 6.45) is 0. The van der Waals surface area contributed by atoms with Crippen molar-refractivity contribution >= 4 is 21.9 Å². The quantitative estimate of drug-likeness (QED) is 0.878. The molecule has 0 aliphatic carbocycles. The molecule has 0 spiro atoms. The van der Waals surface area contributed by atoms with Crippen molar-refractivity contribution in [1.29, 1.82) is 5.26 Å². The minimum Gasteiger partial charge on any atom is -0.495 e. The van der Waals surface area contributed by atoms with Gasteiger partial charge in [-0.25, -0.2) is 4.79 Å². The molecule has 0 aliphatic heterocycles. The van der Waals surface area contributed by atoms with Crippen LogP contribution in [0.15, 0.2) is 16.6 Å². The smallest absolute Gasteiger partial charge is 0.339 e. The zero-order valence-electron chi connectivity index (χ0n) is 7.24. The number of nitriles is 1. The number of rotatable bonds is 2. The van der Waals surface area contributed by atoms with Crippen LogP contribution in [0.2, 0.25) is 0 Å². The Balaban J connectivity index is 3.45. The summed E-state index contributed by atoms with van der Waals surface area (Å²) in [5.74, 6) is -0.927. The first-order chi connectivity index (χ1) is 6.61. The summed E-state index contributed by atoms with van der Waals surface area (Å²) >= 11 is 3.11. The van der Waals surface area contributed by atoms with Gasteiger partial charge in [0.25, 0.3) is 0 Å². The van der Waals surface area contributed by atoms with Crippen molar-refractivity contribution in [1.82, 2.24) is 0 Å². The first-order valence-electron chi connectivity index (χ1n) is 3.61. The van der Waals surface area contributed by atoms with Crippen LogP contribution in [-0.2, 0) is 0 Å². The predicted octanol–water partition coefficient (Wildman–Crippen LogP) is 2.03. The lowest BCUT2D eigenvalue weighted by atomic mass is 10.1. The van der Waals surface area contributed by atoms with Gasteiger partial charge in [-0.15, -0.1) is 0 Å². The Labute approximate surface area is 88.9 Å². The SMILES string of the molecule is COc1c(C(=O)O)ccc(C#N)c1Br. The van der Waals surface area contributed by atoms with Gasteiger partial charge in [0.1, 0.15) is 17.4 Å². The third-order valence-electron chi connectivity index (χ3n) is 1.65. The van der Waals surface area contributed by atoms with Crippen LogP contribution in [0.5, 0.6) is 5.75 Å². The summed E-state index contributed by atoms with van der Waals surface area (Å²) in [5.41, 5.74) is 0.366. The van der Waals surface area contributed by atoms with E-state index in [-0.39, 0.29) is 11.3 Å². The number of ether oxygens (including phenoxy) is 1. The lowest BCUT2D eigenvalue weighted by Gasteiger charge is -2.07. The number of hydrogen-bond donors (Lipinski definition) is 1. The van der Waals surface area contributed by atoms with E-state index in [1.54, 1.807) is 0 Å². The third-order valence-corrected chi connectivity index (χ3v) is 2.44. The highest BCUT2D eigenvalue weighted by molar-refractivity contribution is 9.10. The summed E-state index contributed by atoms with van der Waals surface area (Å²) in [5, 5.41) is 17.5. The third kappa shape index (κ3) is 1.70. The van der Waals surface area contributed by atoms with E-state index < -0.39 is 5.97 Å². The molecule has 0 aliphatic rings. The highest BCUT2D eigenvalue weighted by Crippen LogP contribution is 2.31. The van der Waals surface area contributed by atoms with E-state index in [0.717, 1.165) is 0 Å². The van der Waals surface area contributed by atoms with Crippen LogP contribution in [0.25, 0.3) is 0 Å². The summed E-state index contributed by atoms with van der Waals surface area (Å²) in [4.78, 5) is 10.7. The summed E-state index contributed by atoms with van der Waals surface area (Å²) < 4.78 is 5.26. The molecule has 0 aromatic heterocycles. The van der Waals surface area contributed by atoms with Crippen molar-refractivity contribution in [2.24, 2.45) is 0 Å². The number of carboxylic acids is 1. The molecule has 0 atom stereocenters. The van der Waals surface area contributed by atoms with Crippen LogP contribution >= 0.6 is 15.9 Å². The largest absolute Gasteiger partial charge is 0.495 e. The van der Waals surface area contributed by atoms with Gasteiger partial charge in [-0.1, -0.05) is 0 Å². The van der Waals surface area contributed by atoms with Crippen LogP contribution in [0.1, 0.15) is 15.9 Å². The Morgan fingerprint density at radius 1 is 1.64 bits per heavy atom. The van der Waals surface area contributed by atoms with Crippen LogP contribution < -0.4 is 4.74 Å². The molecule has 1 rings (SSSR count). The summed E-state index contributed by atoms with van der Waals surface area (Å²) in [6.45, 7) is 0. The molecule has 1 aromatic carbocycles. The van der Waals surface area contributed by atoms with Gasteiger partial charge in [-0.05, 0) is 28.1 Å². The van der Waals surface area contributed by atoms with Gasteiger partial charge in [0, 0.05) is 0 Å². The fraction of sp³-hybridized carbons (Fsp3) is 0.111. The van der Waals surface area contributed by atoms with Crippen LogP contribution in [0.3, 0.4) is 0 Å². The Morgan fingerprint density at radius 3 is 2.71 bits per heavy atom. The second-order valence-corrected chi connectivity index (χ2v) is 3.22. The van der Waals surface area contributed by atoms with Gasteiger partial charge in [0.2, 0.25) is 0 Å². The molecule has 0 amide bonds. The number of hydrogen-bond acceptors (Lipinski definition) is 3. The molecular formula is C9H6BrNO3. The summed E-state index contributed by atoms with van der Waals surface area (Å²) in [7, 11) is 1.35. The molecule has 0 saturated carbocycles. The maximum absolute atomic E-state index is 10.7. The highest BCUT2D eigenvalue weighted by Gasteiger charge is 2.16. The number of benzene rings is 1. The molecule has 0 bridgehead atoms. The molecular weight excluding hydrogens is 250 g/mol. The fourth-order valence-corrected chi connectivity index (χ4v) is 1.61. The number of halogens is 1. The van der Waals surface area contributed by atoms with E-state index in [2.05, 4.69) is 15.9 Å². The molecule has 0 unspecified atom stereocenters. The van der Waals surface area contributed by atoms with Crippen LogP contribution in [0.4, 0.5) is 0 Å². The Kier molecular flexibility index (Phi) is 3.10. The molecule has 72 valence electrons. The van der Waals surface area contributed by atoms with E-state index in [0.29, 0.717) is 10.0 Å². The minimum atomic E-state index is -1.09. The lowest BCUT2D eigenvalue weighted by Crippen LogP contribution is -2.01. The Morgan fingerprint density at radius 2 is 2.29 bits per heavy atom. The van der Waals surface area contributed by atoms with Crippen molar-refractivity contribution in [3.05, 3.63) is 27.7 Å². The number of methoxy groups -OCH3 is 1. The van der Waals surface area contributed by atoms with Crippen LogP contribution in [0, 0.1) is 11.3 Å². The van der Waals surface area contributed by atoms with Gasteiger partial charge in [-0.3, -0.25) is 0 Å². The maximum atomic E-state index is 10.7. The predicted molar refractivity (Wildman–Crippen MR) is 52.4 cm³/mol. The molecule has 0 fully saturated rings. The first kappa shape index (κ1) is 10.5. The van der Waals surface area contributed by atoms with Gasteiger partial charge in [0.15, 0.2) is 0 Å². The van der Waals surface area contributed by atoms with Gasteiger partial charge >= 0.3 is 5.97 Å². The zero-order chi connectivity index (χ0) is 10.7. The fourth-order valence-electron chi connectivity index (χ4n) is 1.01. The van der Waals surface area contributed by atoms with Crippen molar-refractivity contribution in [3.63, 3.8) is 0 Å². The zero-order valence-corrected chi connectivity index (χ0v) is 8.83. The monoisotopic (exact) mass is 255 g/mol. The Hall–Kier alpha value is -1.54. The number of carbonyl (C=O) groups is 1.